The van der Waals surface area contributed by atoms with E-state index in [2.05, 4.69) is 146 Å². The molecule has 0 spiro atoms. The summed E-state index contributed by atoms with van der Waals surface area (Å²) in [6.45, 7) is 12.2. The summed E-state index contributed by atoms with van der Waals surface area (Å²) in [5.74, 6) is -1.11. The number of fused-ring (bicyclic) bond motifs is 6. The SMILES string of the molecule is C=Cc1ccc(Oc2ccc(C3(c4ccc(F)cc4F)c4ccccc4-c4ccc(N(c5ccc(F)cc5)c5ccc(-c6cc(CCCCCC)c(-c7ccc(N(c8ccc(F)cc8)c8ccc9c(c8)C(c8ccc(Oc%10ccc(C=C)cc%10)cc8)(c8ccc(F)cc8F)c8ccccc8-9)cc7)cc6CCCCCC)cc5)cc43)cc2)cc1. The minimum atomic E-state index is -1.29. The van der Waals surface area contributed by atoms with E-state index < -0.39 is 34.1 Å². The Morgan fingerprint density at radius 2 is 0.602 bits per heavy atom. The largest absolute Gasteiger partial charge is 0.457 e. The number of ether oxygens (including phenoxy) is 2. The molecule has 2 atom stereocenters. The second-order valence-corrected chi connectivity index (χ2v) is 30.6. The number of rotatable bonds is 28. The van der Waals surface area contributed by atoms with E-state index in [1.165, 1.54) is 47.5 Å². The molecule has 2 unspecified atom stereocenters. The lowest BCUT2D eigenvalue weighted by Crippen LogP contribution is -2.30. The Kier molecular flexibility index (Phi) is 21.8. The van der Waals surface area contributed by atoms with Gasteiger partial charge in [0.2, 0.25) is 0 Å². The van der Waals surface area contributed by atoms with Crippen LogP contribution in [0.3, 0.4) is 0 Å². The van der Waals surface area contributed by atoms with Crippen LogP contribution in [0, 0.1) is 34.9 Å². The van der Waals surface area contributed by atoms with Gasteiger partial charge in [0.25, 0.3) is 0 Å². The summed E-state index contributed by atoms with van der Waals surface area (Å²) >= 11 is 0. The van der Waals surface area contributed by atoms with E-state index in [1.54, 1.807) is 48.6 Å². The molecule has 0 heterocycles. The molecule has 2 aliphatic rings. The first-order valence-corrected chi connectivity index (χ1v) is 40.6. The van der Waals surface area contributed by atoms with E-state index in [0.717, 1.165) is 188 Å². The fourth-order valence-corrected chi connectivity index (χ4v) is 17.9. The second-order valence-electron chi connectivity index (χ2n) is 30.6. The van der Waals surface area contributed by atoms with Gasteiger partial charge in [0.05, 0.1) is 10.8 Å². The zero-order valence-corrected chi connectivity index (χ0v) is 65.8. The molecule has 0 bridgehead atoms. The molecule has 17 rings (SSSR count). The molecule has 0 fully saturated rings. The van der Waals surface area contributed by atoms with E-state index in [4.69, 9.17) is 9.47 Å². The Morgan fingerprint density at radius 3 is 0.949 bits per heavy atom. The van der Waals surface area contributed by atoms with Crippen molar-refractivity contribution in [1.82, 2.24) is 0 Å². The van der Waals surface area contributed by atoms with Crippen molar-refractivity contribution >= 4 is 46.3 Å². The summed E-state index contributed by atoms with van der Waals surface area (Å²) in [6, 6.07) is 102. The minimum Gasteiger partial charge on any atom is -0.457 e. The predicted molar refractivity (Wildman–Crippen MR) is 470 cm³/mol. The Morgan fingerprint density at radius 1 is 0.280 bits per heavy atom. The highest BCUT2D eigenvalue weighted by Crippen LogP contribution is 2.61. The van der Waals surface area contributed by atoms with Crippen LogP contribution in [0.15, 0.2) is 341 Å². The summed E-state index contributed by atoms with van der Waals surface area (Å²) in [6.07, 6.45) is 13.7. The van der Waals surface area contributed by atoms with Crippen molar-refractivity contribution in [2.75, 3.05) is 9.80 Å². The van der Waals surface area contributed by atoms with Crippen molar-refractivity contribution in [3.8, 4) is 67.5 Å². The quantitative estimate of drug-likeness (QED) is 0.0360. The van der Waals surface area contributed by atoms with Gasteiger partial charge < -0.3 is 19.3 Å². The normalized spacial score (nSPS) is 14.2. The van der Waals surface area contributed by atoms with E-state index in [1.807, 2.05) is 133 Å². The number of nitrogens with zero attached hydrogens (tertiary/aromatic N) is 2. The Labute approximate surface area is 686 Å². The summed E-state index contributed by atoms with van der Waals surface area (Å²) in [7, 11) is 0. The van der Waals surface area contributed by atoms with Gasteiger partial charge in [-0.15, -0.1) is 0 Å². The highest BCUT2D eigenvalue weighted by Gasteiger charge is 2.50. The summed E-state index contributed by atoms with van der Waals surface area (Å²) in [4.78, 5) is 4.21. The molecule has 0 saturated carbocycles. The fourth-order valence-electron chi connectivity index (χ4n) is 17.9. The topological polar surface area (TPSA) is 24.9 Å². The third kappa shape index (κ3) is 14.7. The molecule has 0 aliphatic heterocycles. The smallest absolute Gasteiger partial charge is 0.130 e. The van der Waals surface area contributed by atoms with E-state index >= 15 is 26.3 Å². The van der Waals surface area contributed by atoms with Crippen molar-refractivity contribution in [3.63, 3.8) is 0 Å². The fraction of sp³-hybridized carbons (Fsp3) is 0.130. The second kappa shape index (κ2) is 33.4. The minimum absolute atomic E-state index is 0.278. The van der Waals surface area contributed by atoms with Crippen molar-refractivity contribution in [2.45, 2.75) is 88.9 Å². The maximum atomic E-state index is 17.2. The van der Waals surface area contributed by atoms with Gasteiger partial charge >= 0.3 is 0 Å². The van der Waals surface area contributed by atoms with Gasteiger partial charge in [0, 0.05) is 57.4 Å². The van der Waals surface area contributed by atoms with Gasteiger partial charge in [0.1, 0.15) is 57.9 Å². The molecule has 0 aromatic heterocycles. The van der Waals surface area contributed by atoms with Crippen LogP contribution in [0.25, 0.3) is 56.7 Å². The van der Waals surface area contributed by atoms with E-state index in [-0.39, 0.29) is 22.8 Å². The monoisotopic (exact) mass is 1560 g/mol. The third-order valence-corrected chi connectivity index (χ3v) is 23.5. The molecule has 0 saturated heterocycles. The Bertz CT molecular complexity index is 5810. The molecule has 582 valence electrons. The lowest BCUT2D eigenvalue weighted by Gasteiger charge is -2.35. The van der Waals surface area contributed by atoms with Crippen LogP contribution in [-0.2, 0) is 23.7 Å². The molecule has 15 aromatic carbocycles. The van der Waals surface area contributed by atoms with Crippen molar-refractivity contribution < 1.29 is 35.8 Å². The molecule has 10 heteroatoms. The van der Waals surface area contributed by atoms with Gasteiger partial charge in [0.15, 0.2) is 0 Å². The van der Waals surface area contributed by atoms with Crippen LogP contribution in [0.5, 0.6) is 23.0 Å². The Balaban J connectivity index is 0.756. The van der Waals surface area contributed by atoms with E-state index in [0.29, 0.717) is 34.4 Å². The number of aryl methyl sites for hydroxylation is 2. The summed E-state index contributed by atoms with van der Waals surface area (Å²) in [5, 5.41) is 0. The molecule has 0 N–H and O–H groups in total. The summed E-state index contributed by atoms with van der Waals surface area (Å²) < 4.78 is 108. The van der Waals surface area contributed by atoms with Gasteiger partial charge in [-0.3, -0.25) is 0 Å². The van der Waals surface area contributed by atoms with Crippen LogP contribution in [0.4, 0.5) is 60.5 Å². The van der Waals surface area contributed by atoms with Crippen molar-refractivity contribution in [2.24, 2.45) is 0 Å². The van der Waals surface area contributed by atoms with Gasteiger partial charge in [-0.25, -0.2) is 26.3 Å². The maximum Gasteiger partial charge on any atom is 0.130 e. The zero-order chi connectivity index (χ0) is 81.0. The number of anilines is 6. The summed E-state index contributed by atoms with van der Waals surface area (Å²) in [5.41, 5.74) is 19.4. The zero-order valence-electron chi connectivity index (χ0n) is 65.8. The molecule has 4 nitrogen and oxygen atoms in total. The lowest BCUT2D eigenvalue weighted by molar-refractivity contribution is 0.481. The van der Waals surface area contributed by atoms with Crippen LogP contribution in [-0.4, -0.2) is 0 Å². The van der Waals surface area contributed by atoms with Crippen molar-refractivity contribution in [1.29, 1.82) is 0 Å². The molecular formula is C108H86F6N2O2. The van der Waals surface area contributed by atoms with E-state index in [9.17, 15) is 0 Å². The number of hydrogen-bond donors (Lipinski definition) is 0. The molecule has 2 aliphatic carbocycles. The van der Waals surface area contributed by atoms with Crippen LogP contribution in [0.2, 0.25) is 0 Å². The first-order valence-electron chi connectivity index (χ1n) is 40.6. The number of halogens is 6. The van der Waals surface area contributed by atoms with Gasteiger partial charge in [-0.05, 0) is 284 Å². The third-order valence-electron chi connectivity index (χ3n) is 23.5. The highest BCUT2D eigenvalue weighted by molar-refractivity contribution is 5.93. The Hall–Kier alpha value is -13.4. The first kappa shape index (κ1) is 77.2. The molecule has 15 aromatic rings. The van der Waals surface area contributed by atoms with Gasteiger partial charge in [-0.2, -0.15) is 0 Å². The van der Waals surface area contributed by atoms with Gasteiger partial charge in [-0.1, -0.05) is 235 Å². The number of hydrogen-bond acceptors (Lipinski definition) is 4. The maximum absolute atomic E-state index is 17.2. The standard InChI is InChI=1S/C108H86F6N2O2/c1-5-9-11-13-19-75-65-98(74-31-45-84(46-32-74)116(86-49-39-80(110)40-50-86)88-52-62-96-94-22-16-18-24-100(94)108(104(96)70-88,102-64-42-82(112)68-106(102)114)78-35-59-92(60-36-78)118-90-55-27-72(8-4)28-56-90)76(20-14-12-10-6-2)66-97(75)73-29-43-83(44-30-73)115(85-47-37-79(109)38-48-85)87-51-61-95-93-21-15-17-23-99(93)107(103(95)69-87,101-63-41-81(111)67-105(101)113)77-33-57-91(58-34-77)117-89-53-25-71(7-3)26-54-89/h7-8,15-18,21-70H,3-6,9-14,19-20H2,1-2H3. The molecule has 118 heavy (non-hydrogen) atoms. The predicted octanol–water partition coefficient (Wildman–Crippen LogP) is 30.6. The van der Waals surface area contributed by atoms with Crippen LogP contribution in [0.1, 0.15) is 132 Å². The van der Waals surface area contributed by atoms with Crippen LogP contribution >= 0.6 is 0 Å². The average Bonchev–Trinajstić information content (AvgIpc) is 1.53. The number of unbranched alkanes of at least 4 members (excludes halogenated alkanes) is 6. The lowest BCUT2D eigenvalue weighted by atomic mass is 9.67. The molecular weight excluding hydrogens is 1470 g/mol. The van der Waals surface area contributed by atoms with Crippen LogP contribution < -0.4 is 19.3 Å². The van der Waals surface area contributed by atoms with Crippen molar-refractivity contribution in [3.05, 3.63) is 442 Å². The molecule has 0 radical (unpaired) electrons. The number of benzene rings is 15. The highest BCUT2D eigenvalue weighted by atomic mass is 19.2. The first-order chi connectivity index (χ1) is 57.7. The molecule has 0 amide bonds. The average molecular weight is 1560 g/mol.